The number of aromatic amines is 4. The second kappa shape index (κ2) is 40.6. The Morgan fingerprint density at radius 2 is 1.12 bits per heavy atom. The summed E-state index contributed by atoms with van der Waals surface area (Å²) in [6.45, 7) is 22.3. The summed E-state index contributed by atoms with van der Waals surface area (Å²) in [5.74, 6) is 1.77. The molecule has 1 saturated heterocycles. The van der Waals surface area contributed by atoms with Crippen molar-refractivity contribution in [2.24, 2.45) is 9.98 Å². The molecular formula is C83H106N22O13. The molecule has 0 amide bonds. The number of nitrogens with one attached hydrogen (secondary N) is 5. The number of aliphatic hydroxyl groups is 5. The molecule has 626 valence electrons. The second-order valence-corrected chi connectivity index (χ2v) is 30.0. The molecular weight excluding hydrogens is 1510 g/mol. The molecule has 13 rings (SSSR count). The summed E-state index contributed by atoms with van der Waals surface area (Å²) in [7, 11) is 11.8. The number of rotatable bonds is 31. The summed E-state index contributed by atoms with van der Waals surface area (Å²) in [4.78, 5) is 140. The number of hydrogen-bond donors (Lipinski definition) is 10. The van der Waals surface area contributed by atoms with Crippen LogP contribution in [0.3, 0.4) is 0 Å². The van der Waals surface area contributed by atoms with E-state index in [9.17, 15) is 48.9 Å². The Morgan fingerprint density at radius 1 is 0.585 bits per heavy atom. The zero-order valence-electron chi connectivity index (χ0n) is 68.4. The van der Waals surface area contributed by atoms with Gasteiger partial charge < -0.3 is 84.0 Å². The third-order valence-corrected chi connectivity index (χ3v) is 20.3. The van der Waals surface area contributed by atoms with E-state index < -0.39 is 53.0 Å². The van der Waals surface area contributed by atoms with Crippen LogP contribution in [0.5, 0.6) is 0 Å². The van der Waals surface area contributed by atoms with E-state index in [-0.39, 0.29) is 51.7 Å². The normalized spacial score (nSPS) is 13.5. The molecule has 10 N–H and O–H groups in total. The summed E-state index contributed by atoms with van der Waals surface area (Å²) in [5, 5.41) is 61.5. The van der Waals surface area contributed by atoms with Crippen molar-refractivity contribution in [1.82, 2.24) is 63.9 Å². The molecule has 6 aromatic rings. The number of carbonyl (C=O) groups is 1. The number of aromatic nitrogens is 12. The monoisotopic (exact) mass is 1620 g/mol. The lowest BCUT2D eigenvalue weighted by Gasteiger charge is -2.32. The average Bonchev–Trinajstić information content (AvgIpc) is 0.771. The Balaban J connectivity index is 0.000000167. The Bertz CT molecular complexity index is 5870. The lowest BCUT2D eigenvalue weighted by Crippen LogP contribution is -2.48. The standard InChI is InChI=1S/C23H32N6O6.C22H29N5O3.C20H25N5O3.C18H20N6O/c1-13-9-16-17(10-15(13)24-3-4-28-5-7-35-8-6-28)29(11-18(31)21(33)19(32)12-30)22-20(27-16)23(34)26-14(2)25-22;1-14-12-16-18(13-17(14)26(3)4)27(11-9-7-5-6-8-10-15(2)28)20-19(23-16)21(29)25-22(30)24-20;1-13(26)8-6-4-5-7-11-25-16-12-14(24(2)3)9-10-15(16)21-17-18(25)22-20(28)23-19(17)27;1-12-20-17-16(18(25)21-12)22-14-8-7-13(23(2)3)11-15(14)24(17)10-6-4-5-9-19/h9-10,18-19,21,24,30-33H,2-8,11-12H2,1H3,(H,26,34);12-13,28H,2,5-11H2,1,3-4H3,(H,25,29,30);9-10,12H,4-8,11H2,1-3H3,(H,23,27,28);7-8,11H,1,4-6,10H2,2-3H3,(H,21,25)/t18-,19+,21-;;;/m0.../s1. The van der Waals surface area contributed by atoms with Crippen molar-refractivity contribution in [2.75, 3.05) is 131 Å². The number of benzene rings is 4. The summed E-state index contributed by atoms with van der Waals surface area (Å²) < 4.78 is 9.24. The van der Waals surface area contributed by atoms with Crippen LogP contribution < -0.4 is 85.1 Å². The fourth-order valence-electron chi connectivity index (χ4n) is 14.1. The molecule has 3 atom stereocenters. The molecule has 2 aromatic heterocycles. The number of Topliss-reactive ketones (excluding diaryl/α,β-unsaturated/α-hetero) is 1. The number of carbonyl (C=O) groups excluding carboxylic acids is 1. The Kier molecular flexibility index (Phi) is 30.3. The van der Waals surface area contributed by atoms with Gasteiger partial charge in [0.1, 0.15) is 35.1 Å². The van der Waals surface area contributed by atoms with Crippen LogP contribution in [-0.4, -0.2) is 215 Å². The molecule has 9 heterocycles. The van der Waals surface area contributed by atoms with E-state index in [4.69, 9.17) is 20.2 Å². The number of β-amino-alcohol motifs (C(OH)–C–C–N with tert-alkyl or cyclic N) is 1. The molecule has 0 aliphatic carbocycles. The topological polar surface area (TPSA) is 460 Å². The molecule has 0 unspecified atom stereocenters. The first kappa shape index (κ1) is 88.2. The number of fused-ring (bicyclic) bond motifs is 8. The number of aryl methyl sites for hydroxylation is 4. The van der Waals surface area contributed by atoms with Crippen LogP contribution in [0.2, 0.25) is 0 Å². The molecule has 0 saturated carbocycles. The summed E-state index contributed by atoms with van der Waals surface area (Å²) in [6.07, 6.45) is 7.30. The lowest BCUT2D eigenvalue weighted by atomic mass is 10.1. The predicted molar refractivity (Wildman–Crippen MR) is 457 cm³/mol. The number of allylic oxidation sites excluding steroid dienone is 1. The van der Waals surface area contributed by atoms with E-state index >= 15 is 0 Å². The largest absolute Gasteiger partial charge is 0.513 e. The van der Waals surface area contributed by atoms with Gasteiger partial charge in [-0.25, -0.2) is 39.5 Å². The Hall–Kier alpha value is -12.2. The number of hydrogen-bond acceptors (Lipinski definition) is 29. The minimum atomic E-state index is -1.61. The van der Waals surface area contributed by atoms with Gasteiger partial charge in [0.05, 0.1) is 83.0 Å². The third kappa shape index (κ3) is 22.1. The minimum Gasteiger partial charge on any atom is -0.513 e. The van der Waals surface area contributed by atoms with Crippen molar-refractivity contribution in [2.45, 2.75) is 142 Å². The first-order valence-electron chi connectivity index (χ1n) is 39.5. The van der Waals surface area contributed by atoms with E-state index in [0.717, 1.165) is 160 Å². The van der Waals surface area contributed by atoms with Crippen molar-refractivity contribution < 1.29 is 35.1 Å². The third-order valence-electron chi connectivity index (χ3n) is 20.3. The summed E-state index contributed by atoms with van der Waals surface area (Å²) in [6, 6.07) is 21.6. The minimum absolute atomic E-state index is 0.0572. The van der Waals surface area contributed by atoms with Gasteiger partial charge in [-0.2, -0.15) is 15.2 Å². The fraction of sp³-hybridized carbons (Fsp3) is 0.446. The molecule has 0 spiro atoms. The number of nitriles is 1. The first-order chi connectivity index (χ1) is 56.4. The number of H-pyrrole nitrogens is 4. The van der Waals surface area contributed by atoms with Crippen LogP contribution in [-0.2, 0) is 22.6 Å². The van der Waals surface area contributed by atoms with Crippen LogP contribution in [0.15, 0.2) is 112 Å². The van der Waals surface area contributed by atoms with Gasteiger partial charge in [0.25, 0.3) is 22.2 Å². The van der Waals surface area contributed by atoms with Gasteiger partial charge in [-0.1, -0.05) is 51.8 Å². The van der Waals surface area contributed by atoms with Crippen molar-refractivity contribution >= 4 is 98.1 Å². The number of ketones is 1. The van der Waals surface area contributed by atoms with Crippen LogP contribution in [0.1, 0.15) is 108 Å². The summed E-state index contributed by atoms with van der Waals surface area (Å²) in [5.41, 5.74) is 9.36. The van der Waals surface area contributed by atoms with Gasteiger partial charge in [0.15, 0.2) is 45.4 Å². The maximum absolute atomic E-state index is 12.6. The molecule has 7 aliphatic heterocycles. The van der Waals surface area contributed by atoms with Crippen molar-refractivity contribution in [3.63, 3.8) is 0 Å². The highest BCUT2D eigenvalue weighted by atomic mass is 16.5. The smallest absolute Gasteiger partial charge is 0.349 e. The van der Waals surface area contributed by atoms with E-state index in [2.05, 4.69) is 95.8 Å². The number of nitrogens with zero attached hydrogens (tertiary/aromatic N) is 17. The van der Waals surface area contributed by atoms with Crippen LogP contribution in [0.25, 0.3) is 58.3 Å². The summed E-state index contributed by atoms with van der Waals surface area (Å²) >= 11 is 0. The van der Waals surface area contributed by atoms with Crippen molar-refractivity contribution in [3.8, 4) is 29.1 Å². The molecule has 35 nitrogen and oxygen atoms in total. The molecule has 118 heavy (non-hydrogen) atoms. The van der Waals surface area contributed by atoms with E-state index in [1.807, 2.05) is 146 Å². The fourth-order valence-corrected chi connectivity index (χ4v) is 14.1. The maximum Gasteiger partial charge on any atom is 0.349 e. The zero-order valence-corrected chi connectivity index (χ0v) is 68.4. The average molecular weight is 1620 g/mol. The van der Waals surface area contributed by atoms with Crippen molar-refractivity contribution in [1.29, 1.82) is 5.26 Å². The van der Waals surface area contributed by atoms with Gasteiger partial charge in [-0.05, 0) is 131 Å². The molecule has 0 bridgehead atoms. The second-order valence-electron chi connectivity index (χ2n) is 30.0. The molecule has 35 heteroatoms. The molecule has 0 radical (unpaired) electrons. The first-order valence-corrected chi connectivity index (χ1v) is 39.5. The molecule has 7 aliphatic rings. The van der Waals surface area contributed by atoms with Crippen LogP contribution in [0, 0.1) is 25.2 Å². The number of unbranched alkanes of at least 4 members (excludes halogenated alkanes) is 9. The van der Waals surface area contributed by atoms with Crippen LogP contribution in [0.4, 0.5) is 57.1 Å². The SMILES string of the molecule is C=C(O)CCCCCCCn1c2nc(=O)[nH]c(=O)c-2nc2cc(C)c(N(C)C)cc21.C=c1nc2c(c(=O)[nH]1)=Nc1cc(C)c(NCCN3CCOCC3)cc1N2C[C@H](O)[C@H](O)[C@H](O)CO.C=c1nc2c(c(=O)[nH]1)=Nc1ccc(N(C)C)cc1N2CCCCC#N.CC(=O)CCCCCCn1c2nc(=O)[nH]c(=O)c-2nc2ccc(N(C)C)cc21. The Labute approximate surface area is 679 Å². The highest BCUT2D eigenvalue weighted by Crippen LogP contribution is 2.40. The molecule has 4 aromatic carbocycles. The Morgan fingerprint density at radius 3 is 1.69 bits per heavy atom. The van der Waals surface area contributed by atoms with Crippen molar-refractivity contribution in [3.05, 3.63) is 168 Å². The van der Waals surface area contributed by atoms with E-state index in [1.165, 1.54) is 0 Å². The van der Waals surface area contributed by atoms with E-state index in [1.54, 1.807) is 11.8 Å². The van der Waals surface area contributed by atoms with E-state index in [0.29, 0.717) is 96.2 Å². The van der Waals surface area contributed by atoms with Gasteiger partial charge in [-0.3, -0.25) is 34.0 Å². The van der Waals surface area contributed by atoms with Gasteiger partial charge in [0.2, 0.25) is 0 Å². The van der Waals surface area contributed by atoms with Gasteiger partial charge in [0, 0.05) is 130 Å². The number of anilines is 8. The lowest BCUT2D eigenvalue weighted by molar-refractivity contribution is -0.117. The number of aliphatic hydroxyl groups excluding tert-OH is 5. The number of ether oxygens (including phenoxy) is 1. The van der Waals surface area contributed by atoms with Crippen LogP contribution >= 0.6 is 0 Å². The predicted octanol–water partition coefficient (Wildman–Crippen LogP) is 4.61. The highest BCUT2D eigenvalue weighted by Gasteiger charge is 2.32. The number of morpholine rings is 1. The van der Waals surface area contributed by atoms with Gasteiger partial charge >= 0.3 is 11.4 Å². The highest BCUT2D eigenvalue weighted by molar-refractivity contribution is 5.86. The maximum atomic E-state index is 12.6. The zero-order chi connectivity index (χ0) is 85.2. The van der Waals surface area contributed by atoms with Gasteiger partial charge in [-0.15, -0.1) is 0 Å². The quantitative estimate of drug-likeness (QED) is 0.0161. The molecule has 1 fully saturated rings.